The highest BCUT2D eigenvalue weighted by Gasteiger charge is 2.23. The van der Waals surface area contributed by atoms with Crippen LogP contribution in [0.5, 0.6) is 0 Å². The second-order valence-corrected chi connectivity index (χ2v) is 21.9. The van der Waals surface area contributed by atoms with E-state index in [2.05, 4.69) is 47.3 Å². The third-order valence-corrected chi connectivity index (χ3v) is 14.5. The molecule has 0 aromatic heterocycles. The van der Waals surface area contributed by atoms with Gasteiger partial charge < -0.3 is 41.7 Å². The summed E-state index contributed by atoms with van der Waals surface area (Å²) in [6.07, 6.45) is 7.85. The lowest BCUT2D eigenvalue weighted by molar-refractivity contribution is -0.147. The molecule has 0 radical (unpaired) electrons. The number of carboxylic acids is 2. The molecular formula is C62H62Cl4N6O10. The third-order valence-electron chi connectivity index (χ3n) is 13.6. The summed E-state index contributed by atoms with van der Waals surface area (Å²) in [7, 11) is 0. The van der Waals surface area contributed by atoms with E-state index in [0.29, 0.717) is 54.7 Å². The van der Waals surface area contributed by atoms with Gasteiger partial charge in [-0.2, -0.15) is 0 Å². The number of anilines is 4. The van der Waals surface area contributed by atoms with Gasteiger partial charge in [0.1, 0.15) is 0 Å². The molecular weight excluding hydrogens is 1130 g/mol. The number of aliphatic hydroxyl groups excluding tert-OH is 2. The summed E-state index contributed by atoms with van der Waals surface area (Å²) in [6.45, 7) is 4.03. The minimum atomic E-state index is -1.69. The van der Waals surface area contributed by atoms with Crippen LogP contribution in [0, 0.1) is 11.8 Å². The maximum atomic E-state index is 13.5. The SMILES string of the molecule is CC1C=C(c2ccc(N(Cc3ccc(C(=O)NC[C@@H](O)C(=O)O)cc3)C(=O)Nc3cc(Cl)cc(Cl)c3)cc2)CCC1.CC1CCC=C(c2ccc(N(Cc3ccc(C(=O)NC[C@@H](O)C(=O)O)cc3)C(=O)Nc3cc(Cl)cc(Cl)c3)cc2)C1. The molecule has 8 N–H and O–H groups in total. The number of allylic oxidation sites excluding steroid dienone is 4. The van der Waals surface area contributed by atoms with Crippen molar-refractivity contribution in [2.24, 2.45) is 11.8 Å². The van der Waals surface area contributed by atoms with Crippen LogP contribution in [0.25, 0.3) is 11.1 Å². The van der Waals surface area contributed by atoms with Crippen molar-refractivity contribution in [1.82, 2.24) is 10.6 Å². The van der Waals surface area contributed by atoms with Crippen molar-refractivity contribution in [3.63, 3.8) is 0 Å². The van der Waals surface area contributed by atoms with Gasteiger partial charge in [0.05, 0.1) is 26.2 Å². The topological polar surface area (TPSA) is 238 Å². The molecule has 0 saturated carbocycles. The summed E-state index contributed by atoms with van der Waals surface area (Å²) in [5, 5.41) is 48.4. The average molecular weight is 1190 g/mol. The first-order valence-corrected chi connectivity index (χ1v) is 27.9. The van der Waals surface area contributed by atoms with E-state index >= 15 is 0 Å². The van der Waals surface area contributed by atoms with E-state index in [-0.39, 0.29) is 24.2 Å². The zero-order chi connectivity index (χ0) is 59.0. The number of amides is 6. The van der Waals surface area contributed by atoms with Gasteiger partial charge in [-0.15, -0.1) is 0 Å². The molecule has 0 fully saturated rings. The van der Waals surface area contributed by atoms with Crippen LogP contribution >= 0.6 is 46.4 Å². The Morgan fingerprint density at radius 1 is 0.549 bits per heavy atom. The number of carbonyl (C=O) groups excluding carboxylic acids is 4. The van der Waals surface area contributed by atoms with Crippen LogP contribution in [0.4, 0.5) is 32.3 Å². The Bertz CT molecular complexity index is 3280. The van der Waals surface area contributed by atoms with Crippen molar-refractivity contribution < 1.29 is 49.2 Å². The number of aliphatic carboxylic acids is 2. The van der Waals surface area contributed by atoms with Crippen LogP contribution < -0.4 is 31.1 Å². The molecule has 8 rings (SSSR count). The Hall–Kier alpha value is -7.70. The lowest BCUT2D eigenvalue weighted by Crippen LogP contribution is -2.36. The Morgan fingerprint density at radius 3 is 1.33 bits per heavy atom. The normalized spacial score (nSPS) is 15.4. The molecule has 82 heavy (non-hydrogen) atoms. The lowest BCUT2D eigenvalue weighted by Gasteiger charge is -2.25. The number of rotatable bonds is 18. The number of nitrogens with one attached hydrogen (secondary N) is 4. The third kappa shape index (κ3) is 18.2. The fraction of sp³-hybridized carbons (Fsp3) is 0.258. The Balaban J connectivity index is 0.000000236. The first-order chi connectivity index (χ1) is 39.2. The first kappa shape index (κ1) is 61.9. The Morgan fingerprint density at radius 2 is 0.951 bits per heavy atom. The van der Waals surface area contributed by atoms with Gasteiger partial charge in [-0.1, -0.05) is 121 Å². The summed E-state index contributed by atoms with van der Waals surface area (Å²) in [5.74, 6) is -2.71. The fourth-order valence-corrected chi connectivity index (χ4v) is 10.3. The number of hydrogen-bond donors (Lipinski definition) is 8. The second kappa shape index (κ2) is 29.3. The average Bonchev–Trinajstić information content (AvgIpc) is 3.61. The van der Waals surface area contributed by atoms with Crippen LogP contribution in [0.3, 0.4) is 0 Å². The molecule has 16 nitrogen and oxygen atoms in total. The summed E-state index contributed by atoms with van der Waals surface area (Å²) >= 11 is 24.5. The summed E-state index contributed by atoms with van der Waals surface area (Å²) in [6, 6.07) is 37.7. The van der Waals surface area contributed by atoms with Crippen LogP contribution in [-0.4, -0.2) is 81.5 Å². The van der Waals surface area contributed by atoms with Crippen LogP contribution in [0.1, 0.15) is 95.3 Å². The number of carbonyl (C=O) groups is 6. The first-order valence-electron chi connectivity index (χ1n) is 26.4. The lowest BCUT2D eigenvalue weighted by atomic mass is 9.87. The van der Waals surface area contributed by atoms with Crippen LogP contribution in [-0.2, 0) is 22.7 Å². The molecule has 428 valence electrons. The predicted molar refractivity (Wildman–Crippen MR) is 323 cm³/mol. The highest BCUT2D eigenvalue weighted by atomic mass is 35.5. The number of nitrogens with zero attached hydrogens (tertiary/aromatic N) is 2. The van der Waals surface area contributed by atoms with Crippen molar-refractivity contribution in [2.75, 3.05) is 33.5 Å². The highest BCUT2D eigenvalue weighted by molar-refractivity contribution is 6.35. The van der Waals surface area contributed by atoms with E-state index in [1.165, 1.54) is 24.0 Å². The number of hydrogen-bond acceptors (Lipinski definition) is 8. The molecule has 20 heteroatoms. The van der Waals surface area contributed by atoms with Gasteiger partial charge in [-0.25, -0.2) is 19.2 Å². The molecule has 6 aromatic carbocycles. The Labute approximate surface area is 495 Å². The van der Waals surface area contributed by atoms with E-state index in [9.17, 15) is 39.0 Å². The fourth-order valence-electron chi connectivity index (χ4n) is 9.25. The van der Waals surface area contributed by atoms with Gasteiger partial charge in [0.2, 0.25) is 0 Å². The molecule has 6 amide bonds. The van der Waals surface area contributed by atoms with Crippen molar-refractivity contribution in [3.05, 3.63) is 199 Å². The quantitative estimate of drug-likeness (QED) is 0.0405. The van der Waals surface area contributed by atoms with Crippen LogP contribution in [0.2, 0.25) is 20.1 Å². The minimum absolute atomic E-state index is 0.193. The molecule has 0 heterocycles. The molecule has 0 saturated heterocycles. The zero-order valence-electron chi connectivity index (χ0n) is 44.9. The summed E-state index contributed by atoms with van der Waals surface area (Å²) in [4.78, 5) is 76.5. The van der Waals surface area contributed by atoms with Gasteiger partial charge in [-0.05, 0) is 169 Å². The van der Waals surface area contributed by atoms with E-state index in [0.717, 1.165) is 47.9 Å². The van der Waals surface area contributed by atoms with Crippen LogP contribution in [0.15, 0.2) is 146 Å². The second-order valence-electron chi connectivity index (χ2n) is 20.1. The monoisotopic (exact) mass is 1190 g/mol. The van der Waals surface area contributed by atoms with Crippen molar-refractivity contribution >= 4 is 116 Å². The number of benzene rings is 6. The molecule has 0 bridgehead atoms. The van der Waals surface area contributed by atoms with E-state index < -0.39 is 61.1 Å². The van der Waals surface area contributed by atoms with Gasteiger partial charge in [0, 0.05) is 54.0 Å². The number of halogens is 4. The largest absolute Gasteiger partial charge is 0.479 e. The number of carboxylic acid groups (broad SMARTS) is 2. The highest BCUT2D eigenvalue weighted by Crippen LogP contribution is 2.34. The molecule has 2 unspecified atom stereocenters. The summed E-state index contributed by atoms with van der Waals surface area (Å²) < 4.78 is 0. The molecule has 0 aliphatic heterocycles. The molecule has 2 aliphatic carbocycles. The Kier molecular flexibility index (Phi) is 22.1. The molecule has 6 aromatic rings. The van der Waals surface area contributed by atoms with Gasteiger partial charge >= 0.3 is 24.0 Å². The molecule has 0 spiro atoms. The van der Waals surface area contributed by atoms with Crippen molar-refractivity contribution in [3.8, 4) is 0 Å². The smallest absolute Gasteiger partial charge is 0.334 e. The van der Waals surface area contributed by atoms with E-state index in [4.69, 9.17) is 56.6 Å². The maximum Gasteiger partial charge on any atom is 0.334 e. The molecule has 4 atom stereocenters. The van der Waals surface area contributed by atoms with E-state index in [1.54, 1.807) is 94.7 Å². The maximum absolute atomic E-state index is 13.5. The minimum Gasteiger partial charge on any atom is -0.479 e. The van der Waals surface area contributed by atoms with Gasteiger partial charge in [0.25, 0.3) is 11.8 Å². The van der Waals surface area contributed by atoms with Gasteiger partial charge in [0.15, 0.2) is 12.2 Å². The summed E-state index contributed by atoms with van der Waals surface area (Å²) in [5.41, 5.74) is 9.20. The van der Waals surface area contributed by atoms with E-state index in [1.807, 2.05) is 48.5 Å². The standard InChI is InChI=1S/2C31H31Cl2N3O5/c2*1-19-3-2-4-23(13-19)21-9-11-27(12-10-21)36(31(41)35-26-15-24(32)14-25(33)16-26)18-20-5-7-22(8-6-20)29(38)34-17-28(37)30(39)40/h5-16,19,28,37H,2-4,17-18H2,1H3,(H,34,38)(H,35,41)(H,39,40);4-12,14-16,19,28,37H,2-3,13,17-18H2,1H3,(H,34,38)(H,35,41)(H,39,40)/t2*19?,28-/m11/s1. The van der Waals surface area contributed by atoms with Crippen molar-refractivity contribution in [2.45, 2.75) is 77.7 Å². The predicted octanol–water partition coefficient (Wildman–Crippen LogP) is 13.2. The number of urea groups is 2. The zero-order valence-corrected chi connectivity index (χ0v) is 47.9. The number of aliphatic hydroxyl groups is 2. The van der Waals surface area contributed by atoms with Gasteiger partial charge in [-0.3, -0.25) is 19.4 Å². The van der Waals surface area contributed by atoms with Crippen molar-refractivity contribution in [1.29, 1.82) is 0 Å². The molecule has 2 aliphatic rings.